The van der Waals surface area contributed by atoms with E-state index in [1.807, 2.05) is 0 Å². The predicted molar refractivity (Wildman–Crippen MR) is 197 cm³/mol. The third kappa shape index (κ3) is 10.8. The molecule has 16 nitrogen and oxygen atoms in total. The second-order valence-electron chi connectivity index (χ2n) is 14.9. The fraction of sp³-hybridized carbons (Fsp3) is 0.556. The summed E-state index contributed by atoms with van der Waals surface area (Å²) in [5.41, 5.74) is 8.03. The minimum absolute atomic E-state index is 0.00362. The molecule has 6 N–H and O–H groups in total. The van der Waals surface area contributed by atoms with Gasteiger partial charge in [0.25, 0.3) is 5.91 Å². The summed E-state index contributed by atoms with van der Waals surface area (Å²) in [6.07, 6.45) is 2.80. The molecule has 5 atom stereocenters. The summed E-state index contributed by atoms with van der Waals surface area (Å²) >= 11 is 0. The number of allylic oxidation sites excluding steroid dienone is 2. The van der Waals surface area contributed by atoms with Gasteiger partial charge in [-0.05, 0) is 90.6 Å². The number of hydrazone groups is 1. The standard InChI is InChI=1S/C36H51N7O9S/c1-8-23-19-36(23,33(47)42-53(49,50)27-14-15-27)39-31(45)29-18-24(40-41-30(37)22-9-12-26(51-7)13-10-22)20-43(29)32(46)28(16-11-25(44)17-21(2)3)38-34(48)52-35(4,5)6/h8-10,12-13,17,23-24,27-29,40H,1,11,14-16,18-20H2,2-7H3,(H2,37,41)(H,38,48)(H,39,45)(H,42,47)/t23-,24-,28+,29+,36-/m1/s1. The summed E-state index contributed by atoms with van der Waals surface area (Å²) in [6.45, 7) is 12.2. The maximum absolute atomic E-state index is 14.3. The topological polar surface area (TPSA) is 228 Å². The van der Waals surface area contributed by atoms with E-state index in [9.17, 15) is 32.4 Å². The van der Waals surface area contributed by atoms with Crippen LogP contribution in [-0.4, -0.2) is 96.9 Å². The number of sulfonamides is 1. The van der Waals surface area contributed by atoms with Crippen molar-refractivity contribution >= 4 is 45.5 Å². The second-order valence-corrected chi connectivity index (χ2v) is 16.9. The molecule has 4 amide bonds. The molecule has 1 aromatic rings. The number of hydrogen-bond donors (Lipinski definition) is 5. The van der Waals surface area contributed by atoms with Crippen molar-refractivity contribution < 1.29 is 41.9 Å². The highest BCUT2D eigenvalue weighted by Gasteiger charge is 2.62. The highest BCUT2D eigenvalue weighted by Crippen LogP contribution is 2.45. The molecule has 1 heterocycles. The molecule has 4 rings (SSSR count). The third-order valence-corrected chi connectivity index (χ3v) is 10.8. The van der Waals surface area contributed by atoms with Crippen LogP contribution in [0.5, 0.6) is 5.75 Å². The highest BCUT2D eigenvalue weighted by atomic mass is 32.2. The lowest BCUT2D eigenvalue weighted by atomic mass is 10.0. The van der Waals surface area contributed by atoms with Gasteiger partial charge in [0.05, 0.1) is 18.4 Å². The number of rotatable bonds is 16. The predicted octanol–water partition coefficient (Wildman–Crippen LogP) is 1.75. The average molecular weight is 758 g/mol. The molecule has 1 saturated heterocycles. The first-order valence-corrected chi connectivity index (χ1v) is 19.0. The first-order chi connectivity index (χ1) is 24.8. The Balaban J connectivity index is 1.62. The number of ether oxygens (including phenoxy) is 2. The Morgan fingerprint density at radius 2 is 1.79 bits per heavy atom. The van der Waals surface area contributed by atoms with E-state index in [-0.39, 0.29) is 43.8 Å². The molecular weight excluding hydrogens is 707 g/mol. The lowest BCUT2D eigenvalue weighted by molar-refractivity contribution is -0.141. The first-order valence-electron chi connectivity index (χ1n) is 17.5. The number of alkyl carbamates (subject to hydrolysis) is 1. The largest absolute Gasteiger partial charge is 0.497 e. The Bertz CT molecular complexity index is 1760. The van der Waals surface area contributed by atoms with Gasteiger partial charge >= 0.3 is 6.09 Å². The number of nitrogens with zero attached hydrogens (tertiary/aromatic N) is 2. The van der Waals surface area contributed by atoms with E-state index >= 15 is 0 Å². The molecule has 0 spiro atoms. The fourth-order valence-electron chi connectivity index (χ4n) is 6.02. The SMILES string of the molecule is C=C[C@@H]1C[C@]1(NC(=O)[C@@H]1C[C@@H](N/N=C(\N)c2ccc(OC)cc2)CN1C(=O)[C@H](CCC(=O)C=C(C)C)NC(=O)OC(C)(C)C)C(=O)NS(=O)(=O)C1CC1. The summed E-state index contributed by atoms with van der Waals surface area (Å²) in [6, 6.07) is 3.74. The Labute approximate surface area is 310 Å². The van der Waals surface area contributed by atoms with Gasteiger partial charge in [-0.25, -0.2) is 13.2 Å². The number of carbonyl (C=O) groups is 5. The first kappa shape index (κ1) is 40.8. The van der Waals surface area contributed by atoms with E-state index in [1.165, 1.54) is 24.2 Å². The maximum Gasteiger partial charge on any atom is 0.408 e. The molecule has 3 fully saturated rings. The van der Waals surface area contributed by atoms with Gasteiger partial charge in [-0.2, -0.15) is 5.10 Å². The molecule has 1 aromatic carbocycles. The summed E-state index contributed by atoms with van der Waals surface area (Å²) in [5, 5.41) is 8.92. The van der Waals surface area contributed by atoms with Crippen LogP contribution in [-0.2, 0) is 33.9 Å². The van der Waals surface area contributed by atoms with Gasteiger partial charge in [0.15, 0.2) is 11.6 Å². The smallest absolute Gasteiger partial charge is 0.408 e. The third-order valence-electron chi connectivity index (χ3n) is 9.01. The fourth-order valence-corrected chi connectivity index (χ4v) is 7.38. The van der Waals surface area contributed by atoms with Crippen molar-refractivity contribution in [1.82, 2.24) is 25.7 Å². The minimum atomic E-state index is -3.93. The lowest BCUT2D eigenvalue weighted by Gasteiger charge is -2.30. The van der Waals surface area contributed by atoms with Crippen molar-refractivity contribution in [2.75, 3.05) is 13.7 Å². The molecule has 2 aliphatic carbocycles. The molecule has 0 radical (unpaired) electrons. The maximum atomic E-state index is 14.3. The molecular formula is C36H51N7O9S. The number of hydrogen-bond acceptors (Lipinski definition) is 11. The van der Waals surface area contributed by atoms with Crippen LogP contribution >= 0.6 is 0 Å². The second kappa shape index (κ2) is 16.4. The molecule has 0 bridgehead atoms. The van der Waals surface area contributed by atoms with Crippen LogP contribution in [0.2, 0.25) is 0 Å². The van der Waals surface area contributed by atoms with E-state index in [4.69, 9.17) is 15.2 Å². The zero-order valence-corrected chi connectivity index (χ0v) is 31.9. The summed E-state index contributed by atoms with van der Waals surface area (Å²) < 4.78 is 38.0. The Morgan fingerprint density at radius 3 is 2.34 bits per heavy atom. The monoisotopic (exact) mass is 757 g/mol. The zero-order valence-electron chi connectivity index (χ0n) is 31.1. The Kier molecular flexibility index (Phi) is 12.6. The van der Waals surface area contributed by atoms with E-state index < -0.39 is 74.3 Å². The van der Waals surface area contributed by atoms with Crippen molar-refractivity contribution in [2.24, 2.45) is 16.8 Å². The zero-order chi connectivity index (χ0) is 39.3. The molecule has 0 unspecified atom stereocenters. The summed E-state index contributed by atoms with van der Waals surface area (Å²) in [5.74, 6) is -2.36. The summed E-state index contributed by atoms with van der Waals surface area (Å²) in [7, 11) is -2.39. The van der Waals surface area contributed by atoms with Gasteiger partial charge in [-0.3, -0.25) is 23.9 Å². The molecule has 17 heteroatoms. The minimum Gasteiger partial charge on any atom is -0.497 e. The van der Waals surface area contributed by atoms with Gasteiger partial charge in [-0.15, -0.1) is 6.58 Å². The number of methoxy groups -OCH3 is 1. The number of amides is 4. The molecule has 3 aliphatic rings. The van der Waals surface area contributed by atoms with E-state index in [2.05, 4.69) is 32.5 Å². The summed E-state index contributed by atoms with van der Waals surface area (Å²) in [4.78, 5) is 68.7. The number of nitrogens with one attached hydrogen (secondary N) is 4. The van der Waals surface area contributed by atoms with Crippen molar-refractivity contribution in [3.8, 4) is 5.75 Å². The van der Waals surface area contributed by atoms with E-state index in [0.717, 1.165) is 5.57 Å². The van der Waals surface area contributed by atoms with Crippen molar-refractivity contribution in [3.05, 3.63) is 54.1 Å². The molecule has 290 valence electrons. The van der Waals surface area contributed by atoms with Crippen LogP contribution in [0, 0.1) is 5.92 Å². The van der Waals surface area contributed by atoms with Crippen LogP contribution in [0.15, 0.2) is 53.7 Å². The van der Waals surface area contributed by atoms with Crippen LogP contribution in [0.25, 0.3) is 0 Å². The van der Waals surface area contributed by atoms with E-state index in [0.29, 0.717) is 24.2 Å². The number of likely N-dealkylation sites (tertiary alicyclic amines) is 1. The molecule has 2 saturated carbocycles. The number of benzene rings is 1. The molecule has 53 heavy (non-hydrogen) atoms. The number of nitrogens with two attached hydrogens (primary N) is 1. The molecule has 0 aromatic heterocycles. The Morgan fingerprint density at radius 1 is 1.13 bits per heavy atom. The highest BCUT2D eigenvalue weighted by molar-refractivity contribution is 7.91. The number of carbonyl (C=O) groups excluding carboxylic acids is 5. The van der Waals surface area contributed by atoms with Gasteiger partial charge < -0.3 is 36.2 Å². The van der Waals surface area contributed by atoms with Crippen LogP contribution in [0.3, 0.4) is 0 Å². The van der Waals surface area contributed by atoms with Gasteiger partial charge in [0.2, 0.25) is 21.8 Å². The van der Waals surface area contributed by atoms with E-state index in [1.54, 1.807) is 58.9 Å². The number of amidine groups is 1. The van der Waals surface area contributed by atoms with Crippen LogP contribution in [0.4, 0.5) is 4.79 Å². The van der Waals surface area contributed by atoms with Gasteiger partial charge in [0, 0.05) is 30.9 Å². The van der Waals surface area contributed by atoms with Crippen molar-refractivity contribution in [2.45, 2.75) is 108 Å². The quantitative estimate of drug-likeness (QED) is 0.0537. The van der Waals surface area contributed by atoms with Gasteiger partial charge in [0.1, 0.15) is 29.0 Å². The van der Waals surface area contributed by atoms with Crippen molar-refractivity contribution in [3.63, 3.8) is 0 Å². The normalized spacial score (nSPS) is 23.2. The molecule has 1 aliphatic heterocycles. The Hall–Kier alpha value is -4.93. The lowest BCUT2D eigenvalue weighted by Crippen LogP contribution is -2.58. The van der Waals surface area contributed by atoms with Crippen LogP contribution < -0.4 is 31.3 Å². The number of ketones is 1. The van der Waals surface area contributed by atoms with Gasteiger partial charge in [-0.1, -0.05) is 11.6 Å². The van der Waals surface area contributed by atoms with Crippen LogP contribution in [0.1, 0.15) is 78.7 Å². The van der Waals surface area contributed by atoms with Crippen molar-refractivity contribution in [1.29, 1.82) is 0 Å². The average Bonchev–Trinajstić information content (AvgIpc) is 4.00.